The van der Waals surface area contributed by atoms with Gasteiger partial charge in [-0.25, -0.2) is 8.42 Å². The first-order chi connectivity index (χ1) is 8.14. The summed E-state index contributed by atoms with van der Waals surface area (Å²) in [6.45, 7) is 2.51. The molecule has 0 aliphatic carbocycles. The highest BCUT2D eigenvalue weighted by molar-refractivity contribution is 7.89. The molecule has 0 aromatic rings. The van der Waals surface area contributed by atoms with Crippen molar-refractivity contribution in [2.75, 3.05) is 19.6 Å². The molecule has 1 heterocycles. The fourth-order valence-electron chi connectivity index (χ4n) is 1.97. The van der Waals surface area contributed by atoms with E-state index in [1.165, 1.54) is 13.8 Å². The highest BCUT2D eigenvalue weighted by Gasteiger charge is 2.41. The number of nitrogens with zero attached hydrogens (tertiary/aromatic N) is 1. The Morgan fingerprint density at radius 3 is 2.17 bits per heavy atom. The summed E-state index contributed by atoms with van der Waals surface area (Å²) in [6.07, 6.45) is -3.67. The van der Waals surface area contributed by atoms with Crippen LogP contribution in [0.1, 0.15) is 26.7 Å². The molecule has 0 bridgehead atoms. The molecule has 0 aromatic carbocycles. The third kappa shape index (κ3) is 4.10. The summed E-state index contributed by atoms with van der Waals surface area (Å²) in [4.78, 5) is 0. The van der Waals surface area contributed by atoms with Crippen molar-refractivity contribution in [3.8, 4) is 0 Å². The van der Waals surface area contributed by atoms with Gasteiger partial charge < -0.3 is 5.32 Å². The zero-order chi connectivity index (χ0) is 14.0. The Labute approximate surface area is 106 Å². The second-order valence-electron chi connectivity index (χ2n) is 4.74. The zero-order valence-corrected chi connectivity index (χ0v) is 11.3. The number of rotatable bonds is 4. The first kappa shape index (κ1) is 15.7. The van der Waals surface area contributed by atoms with Crippen LogP contribution in [0.5, 0.6) is 0 Å². The number of hydrogen-bond acceptors (Lipinski definition) is 3. The molecule has 0 spiro atoms. The van der Waals surface area contributed by atoms with Crippen molar-refractivity contribution in [1.29, 1.82) is 0 Å². The molecule has 0 aromatic heterocycles. The molecule has 0 radical (unpaired) electrons. The Bertz CT molecular complexity index is 362. The Morgan fingerprint density at radius 2 is 1.78 bits per heavy atom. The largest absolute Gasteiger partial charge is 0.402 e. The normalized spacial score (nSPS) is 19.7. The minimum Gasteiger partial charge on any atom is -0.317 e. The Hall–Kier alpha value is -0.340. The zero-order valence-electron chi connectivity index (χ0n) is 10.5. The predicted octanol–water partition coefficient (Wildman–Crippen LogP) is 1.34. The minimum atomic E-state index is -4.51. The predicted molar refractivity (Wildman–Crippen MR) is 62.7 cm³/mol. The van der Waals surface area contributed by atoms with Gasteiger partial charge in [-0.05, 0) is 39.8 Å². The van der Waals surface area contributed by atoms with E-state index in [4.69, 9.17) is 0 Å². The summed E-state index contributed by atoms with van der Waals surface area (Å²) in [5.74, 6) is 0. The molecule has 1 aliphatic heterocycles. The van der Waals surface area contributed by atoms with Crippen LogP contribution >= 0.6 is 0 Å². The standard InChI is InChI=1S/C10H19F3N2O2S/c1-8(2)18(16,17)15(7-10(11,12)13)9-3-5-14-6-4-9/h8-9,14H,3-7H2,1-2H3. The maximum absolute atomic E-state index is 12.5. The first-order valence-corrected chi connectivity index (χ1v) is 7.43. The topological polar surface area (TPSA) is 49.4 Å². The Balaban J connectivity index is 2.94. The van der Waals surface area contributed by atoms with Crippen LogP contribution in [0.4, 0.5) is 13.2 Å². The van der Waals surface area contributed by atoms with E-state index >= 15 is 0 Å². The van der Waals surface area contributed by atoms with Gasteiger partial charge in [0.05, 0.1) is 5.25 Å². The van der Waals surface area contributed by atoms with Gasteiger partial charge in [0.25, 0.3) is 0 Å². The van der Waals surface area contributed by atoms with Gasteiger partial charge in [-0.15, -0.1) is 0 Å². The van der Waals surface area contributed by atoms with Crippen LogP contribution in [-0.2, 0) is 10.0 Å². The van der Waals surface area contributed by atoms with E-state index in [1.54, 1.807) is 0 Å². The second kappa shape index (κ2) is 5.75. The number of piperidine rings is 1. The number of hydrogen-bond donors (Lipinski definition) is 1. The lowest BCUT2D eigenvalue weighted by atomic mass is 10.1. The average Bonchev–Trinajstić information content (AvgIpc) is 2.25. The number of alkyl halides is 3. The summed E-state index contributed by atoms with van der Waals surface area (Å²) in [5.41, 5.74) is 0. The smallest absolute Gasteiger partial charge is 0.317 e. The van der Waals surface area contributed by atoms with Crippen LogP contribution in [0, 0.1) is 0 Å². The summed E-state index contributed by atoms with van der Waals surface area (Å²) in [5, 5.41) is 2.17. The molecule has 1 aliphatic rings. The summed E-state index contributed by atoms with van der Waals surface area (Å²) in [6, 6.07) is -0.555. The van der Waals surface area contributed by atoms with Gasteiger partial charge in [0.1, 0.15) is 6.54 Å². The van der Waals surface area contributed by atoms with Crippen molar-refractivity contribution in [1.82, 2.24) is 9.62 Å². The lowest BCUT2D eigenvalue weighted by Crippen LogP contribution is -2.51. The molecule has 0 unspecified atom stereocenters. The molecule has 0 amide bonds. The molecule has 0 atom stereocenters. The molecule has 0 saturated carbocycles. The van der Waals surface area contributed by atoms with Crippen molar-refractivity contribution in [3.05, 3.63) is 0 Å². The highest BCUT2D eigenvalue weighted by atomic mass is 32.2. The van der Waals surface area contributed by atoms with Gasteiger partial charge in [-0.2, -0.15) is 17.5 Å². The van der Waals surface area contributed by atoms with Crippen molar-refractivity contribution in [2.24, 2.45) is 0 Å². The maximum Gasteiger partial charge on any atom is 0.402 e. The molecule has 18 heavy (non-hydrogen) atoms. The fraction of sp³-hybridized carbons (Fsp3) is 1.00. The SMILES string of the molecule is CC(C)S(=O)(=O)N(CC(F)(F)F)C1CCNCC1. The molecule has 1 rings (SSSR count). The monoisotopic (exact) mass is 288 g/mol. The van der Waals surface area contributed by atoms with Crippen LogP contribution in [0.25, 0.3) is 0 Å². The van der Waals surface area contributed by atoms with Crippen LogP contribution in [-0.4, -0.2) is 49.8 Å². The fourth-order valence-corrected chi connectivity index (χ4v) is 3.46. The number of halogens is 3. The van der Waals surface area contributed by atoms with E-state index in [2.05, 4.69) is 5.32 Å². The summed E-state index contributed by atoms with van der Waals surface area (Å²) >= 11 is 0. The van der Waals surface area contributed by atoms with Crippen LogP contribution in [0.2, 0.25) is 0 Å². The van der Waals surface area contributed by atoms with E-state index in [-0.39, 0.29) is 0 Å². The molecule has 1 N–H and O–H groups in total. The third-order valence-electron chi connectivity index (χ3n) is 2.97. The maximum atomic E-state index is 12.5. The minimum absolute atomic E-state index is 0.419. The second-order valence-corrected chi connectivity index (χ2v) is 7.18. The highest BCUT2D eigenvalue weighted by Crippen LogP contribution is 2.25. The molecule has 4 nitrogen and oxygen atoms in total. The van der Waals surface area contributed by atoms with E-state index < -0.39 is 34.0 Å². The number of sulfonamides is 1. The van der Waals surface area contributed by atoms with Gasteiger partial charge >= 0.3 is 6.18 Å². The Morgan fingerprint density at radius 1 is 1.28 bits per heavy atom. The lowest BCUT2D eigenvalue weighted by Gasteiger charge is -2.35. The molecule has 108 valence electrons. The van der Waals surface area contributed by atoms with Crippen LogP contribution in [0.15, 0.2) is 0 Å². The molecular formula is C10H19F3N2O2S. The van der Waals surface area contributed by atoms with Crippen molar-refractivity contribution < 1.29 is 21.6 Å². The van der Waals surface area contributed by atoms with Gasteiger partial charge in [-0.3, -0.25) is 0 Å². The lowest BCUT2D eigenvalue weighted by molar-refractivity contribution is -0.140. The quantitative estimate of drug-likeness (QED) is 0.849. The summed E-state index contributed by atoms with van der Waals surface area (Å²) < 4.78 is 62.3. The molecular weight excluding hydrogens is 269 g/mol. The van der Waals surface area contributed by atoms with Crippen molar-refractivity contribution in [2.45, 2.75) is 44.2 Å². The van der Waals surface area contributed by atoms with E-state index in [0.29, 0.717) is 30.2 Å². The van der Waals surface area contributed by atoms with Gasteiger partial charge in [0.15, 0.2) is 0 Å². The molecule has 8 heteroatoms. The van der Waals surface area contributed by atoms with E-state index in [1.807, 2.05) is 0 Å². The third-order valence-corrected chi connectivity index (χ3v) is 5.25. The van der Waals surface area contributed by atoms with Crippen molar-refractivity contribution >= 4 is 10.0 Å². The van der Waals surface area contributed by atoms with Gasteiger partial charge in [0.2, 0.25) is 10.0 Å². The summed E-state index contributed by atoms with van der Waals surface area (Å²) in [7, 11) is -3.89. The van der Waals surface area contributed by atoms with E-state index in [0.717, 1.165) is 0 Å². The first-order valence-electron chi connectivity index (χ1n) is 5.92. The van der Waals surface area contributed by atoms with E-state index in [9.17, 15) is 21.6 Å². The Kier molecular flexibility index (Phi) is 5.02. The van der Waals surface area contributed by atoms with Crippen LogP contribution in [0.3, 0.4) is 0 Å². The van der Waals surface area contributed by atoms with Gasteiger partial charge in [-0.1, -0.05) is 0 Å². The van der Waals surface area contributed by atoms with Gasteiger partial charge in [0, 0.05) is 6.04 Å². The van der Waals surface area contributed by atoms with Crippen LogP contribution < -0.4 is 5.32 Å². The molecule has 1 saturated heterocycles. The molecule has 1 fully saturated rings. The average molecular weight is 288 g/mol. The van der Waals surface area contributed by atoms with Crippen molar-refractivity contribution in [3.63, 3.8) is 0 Å². The number of nitrogens with one attached hydrogen (secondary N) is 1.